The summed E-state index contributed by atoms with van der Waals surface area (Å²) in [6.07, 6.45) is 1.20. The Bertz CT molecular complexity index is 1720. The van der Waals surface area contributed by atoms with Crippen LogP contribution in [0.2, 0.25) is 0 Å². The molecule has 0 radical (unpaired) electrons. The van der Waals surface area contributed by atoms with Crippen LogP contribution in [0.15, 0.2) is 70.3 Å². The third-order valence-corrected chi connectivity index (χ3v) is 7.48. The second-order valence-electron chi connectivity index (χ2n) is 10.2. The van der Waals surface area contributed by atoms with Gasteiger partial charge in [0.25, 0.3) is 11.5 Å². The van der Waals surface area contributed by atoms with E-state index < -0.39 is 23.1 Å². The predicted molar refractivity (Wildman–Crippen MR) is 152 cm³/mol. The summed E-state index contributed by atoms with van der Waals surface area (Å²) in [6.45, 7) is 6.36. The van der Waals surface area contributed by atoms with E-state index in [1.54, 1.807) is 19.1 Å². The van der Waals surface area contributed by atoms with E-state index in [4.69, 9.17) is 4.74 Å². The summed E-state index contributed by atoms with van der Waals surface area (Å²) in [5.74, 6) is -1.44. The van der Waals surface area contributed by atoms with Gasteiger partial charge >= 0.3 is 11.7 Å². The maximum Gasteiger partial charge on any atom is 0.352 e. The smallest absolute Gasteiger partial charge is 0.352 e. The molecule has 1 fully saturated rings. The van der Waals surface area contributed by atoms with Gasteiger partial charge in [0.1, 0.15) is 0 Å². The SMILES string of the molecule is CCOC(=O)C1CCCN(C(=O)c2nn(-c3ccc(C)c(C)c3)c(=O)n(Cc3ccc4ccccc4c3)c2=O)C1. The van der Waals surface area contributed by atoms with Crippen molar-refractivity contribution in [2.45, 2.75) is 40.2 Å². The van der Waals surface area contributed by atoms with E-state index in [0.29, 0.717) is 25.1 Å². The number of amides is 1. The molecule has 0 N–H and O–H groups in total. The van der Waals surface area contributed by atoms with Crippen LogP contribution >= 0.6 is 0 Å². The highest BCUT2D eigenvalue weighted by Crippen LogP contribution is 2.20. The fourth-order valence-corrected chi connectivity index (χ4v) is 5.10. The quantitative estimate of drug-likeness (QED) is 0.346. The van der Waals surface area contributed by atoms with Crippen LogP contribution < -0.4 is 11.2 Å². The Hall–Kier alpha value is -4.53. The zero-order chi connectivity index (χ0) is 28.4. The van der Waals surface area contributed by atoms with Crippen molar-refractivity contribution in [3.05, 3.63) is 104 Å². The number of aromatic nitrogens is 3. The van der Waals surface area contributed by atoms with E-state index in [-0.39, 0.29) is 31.4 Å². The maximum atomic E-state index is 13.7. The molecule has 4 aromatic rings. The zero-order valence-corrected chi connectivity index (χ0v) is 22.9. The van der Waals surface area contributed by atoms with Crippen LogP contribution in [0, 0.1) is 19.8 Å². The van der Waals surface area contributed by atoms with Gasteiger partial charge in [0.2, 0.25) is 5.69 Å². The van der Waals surface area contributed by atoms with Crippen LogP contribution in [0.4, 0.5) is 0 Å². The summed E-state index contributed by atoms with van der Waals surface area (Å²) < 4.78 is 7.35. The monoisotopic (exact) mass is 540 g/mol. The molecule has 0 aliphatic carbocycles. The number of piperidine rings is 1. The molecule has 1 amide bonds. The van der Waals surface area contributed by atoms with Crippen molar-refractivity contribution in [1.29, 1.82) is 0 Å². The molecule has 1 atom stereocenters. The number of fused-ring (bicyclic) bond motifs is 1. The summed E-state index contributed by atoms with van der Waals surface area (Å²) >= 11 is 0. The van der Waals surface area contributed by atoms with Gasteiger partial charge in [-0.1, -0.05) is 42.5 Å². The Labute approximate surface area is 231 Å². The van der Waals surface area contributed by atoms with Gasteiger partial charge in [0, 0.05) is 13.1 Å². The normalized spacial score (nSPS) is 15.3. The standard InChI is InChI=1S/C31H32N4O5/c1-4-40-30(38)25-10-7-15-33(19-25)28(36)27-29(37)34(18-22-12-13-23-8-5-6-9-24(23)17-22)31(39)35(32-27)26-14-11-20(2)21(3)16-26/h5-6,8-9,11-14,16-17,25H,4,7,10,15,18-19H2,1-3H3. The fourth-order valence-electron chi connectivity index (χ4n) is 5.10. The van der Waals surface area contributed by atoms with E-state index in [1.807, 2.05) is 62.4 Å². The molecule has 206 valence electrons. The molecule has 1 aromatic heterocycles. The molecule has 5 rings (SSSR count). The van der Waals surface area contributed by atoms with Gasteiger partial charge in [-0.05, 0) is 79.3 Å². The molecule has 1 saturated heterocycles. The number of rotatable bonds is 6. The first-order valence-corrected chi connectivity index (χ1v) is 13.5. The van der Waals surface area contributed by atoms with Gasteiger partial charge in [-0.2, -0.15) is 9.78 Å². The highest BCUT2D eigenvalue weighted by molar-refractivity contribution is 5.92. The van der Waals surface area contributed by atoms with Crippen molar-refractivity contribution in [3.63, 3.8) is 0 Å². The summed E-state index contributed by atoms with van der Waals surface area (Å²) in [7, 11) is 0. The van der Waals surface area contributed by atoms with E-state index in [2.05, 4.69) is 5.10 Å². The number of ether oxygens (including phenoxy) is 1. The Morgan fingerprint density at radius 2 is 1.75 bits per heavy atom. The molecule has 1 unspecified atom stereocenters. The van der Waals surface area contributed by atoms with Crippen molar-refractivity contribution >= 4 is 22.6 Å². The number of carbonyl (C=O) groups is 2. The first-order valence-electron chi connectivity index (χ1n) is 13.5. The number of nitrogens with zero attached hydrogens (tertiary/aromatic N) is 4. The van der Waals surface area contributed by atoms with Crippen molar-refractivity contribution in [2.75, 3.05) is 19.7 Å². The maximum absolute atomic E-state index is 13.7. The minimum absolute atomic E-state index is 0.0262. The Kier molecular flexibility index (Phi) is 7.64. The lowest BCUT2D eigenvalue weighted by molar-refractivity contribution is -0.149. The molecule has 0 bridgehead atoms. The highest BCUT2D eigenvalue weighted by Gasteiger charge is 2.32. The van der Waals surface area contributed by atoms with Crippen LogP contribution in [0.5, 0.6) is 0 Å². The number of aryl methyl sites for hydroxylation is 2. The average Bonchev–Trinajstić information content (AvgIpc) is 2.96. The molecule has 9 heteroatoms. The van der Waals surface area contributed by atoms with Crippen LogP contribution in [-0.4, -0.2) is 50.8 Å². The van der Waals surface area contributed by atoms with E-state index in [9.17, 15) is 19.2 Å². The summed E-state index contributed by atoms with van der Waals surface area (Å²) in [5.41, 5.74) is 1.42. The average molecular weight is 541 g/mol. The Balaban J connectivity index is 1.60. The van der Waals surface area contributed by atoms with Crippen LogP contribution in [-0.2, 0) is 16.1 Å². The lowest BCUT2D eigenvalue weighted by Crippen LogP contribution is -2.49. The van der Waals surface area contributed by atoms with E-state index >= 15 is 0 Å². The lowest BCUT2D eigenvalue weighted by Gasteiger charge is -2.31. The number of likely N-dealkylation sites (tertiary alicyclic amines) is 1. The van der Waals surface area contributed by atoms with Crippen molar-refractivity contribution in [2.24, 2.45) is 5.92 Å². The van der Waals surface area contributed by atoms with E-state index in [0.717, 1.165) is 36.7 Å². The molecule has 9 nitrogen and oxygen atoms in total. The molecule has 3 aromatic carbocycles. The summed E-state index contributed by atoms with van der Waals surface area (Å²) in [4.78, 5) is 55.0. The Morgan fingerprint density at radius 1 is 0.975 bits per heavy atom. The van der Waals surface area contributed by atoms with Gasteiger partial charge in [-0.15, -0.1) is 0 Å². The molecule has 1 aliphatic rings. The van der Waals surface area contributed by atoms with Crippen molar-refractivity contribution < 1.29 is 14.3 Å². The highest BCUT2D eigenvalue weighted by atomic mass is 16.5. The number of esters is 1. The minimum atomic E-state index is -0.762. The van der Waals surface area contributed by atoms with Crippen molar-refractivity contribution in [1.82, 2.24) is 19.2 Å². The number of hydrogen-bond donors (Lipinski definition) is 0. The summed E-state index contributed by atoms with van der Waals surface area (Å²) in [6, 6.07) is 19.0. The molecular formula is C31H32N4O5. The second-order valence-corrected chi connectivity index (χ2v) is 10.2. The van der Waals surface area contributed by atoms with Gasteiger partial charge in [0.15, 0.2) is 0 Å². The summed E-state index contributed by atoms with van der Waals surface area (Å²) in [5, 5.41) is 6.33. The number of carbonyl (C=O) groups excluding carboxylic acids is 2. The molecule has 0 spiro atoms. The third-order valence-electron chi connectivity index (χ3n) is 7.48. The largest absolute Gasteiger partial charge is 0.466 e. The zero-order valence-electron chi connectivity index (χ0n) is 22.9. The van der Waals surface area contributed by atoms with Gasteiger partial charge in [-0.25, -0.2) is 4.79 Å². The van der Waals surface area contributed by atoms with Gasteiger partial charge in [0.05, 0.1) is 24.8 Å². The molecule has 2 heterocycles. The molecule has 1 aliphatic heterocycles. The minimum Gasteiger partial charge on any atom is -0.466 e. The van der Waals surface area contributed by atoms with Crippen molar-refractivity contribution in [3.8, 4) is 5.69 Å². The molecular weight excluding hydrogens is 508 g/mol. The number of hydrogen-bond acceptors (Lipinski definition) is 6. The second kappa shape index (κ2) is 11.3. The predicted octanol–water partition coefficient (Wildman–Crippen LogP) is 3.63. The first-order chi connectivity index (χ1) is 19.3. The van der Waals surface area contributed by atoms with Crippen LogP contribution in [0.25, 0.3) is 16.5 Å². The van der Waals surface area contributed by atoms with Crippen LogP contribution in [0.1, 0.15) is 46.9 Å². The molecule has 40 heavy (non-hydrogen) atoms. The topological polar surface area (TPSA) is 104 Å². The lowest BCUT2D eigenvalue weighted by atomic mass is 9.98. The Morgan fingerprint density at radius 3 is 2.50 bits per heavy atom. The first kappa shape index (κ1) is 27.1. The third kappa shape index (κ3) is 5.32. The van der Waals surface area contributed by atoms with Gasteiger partial charge in [-0.3, -0.25) is 19.0 Å². The van der Waals surface area contributed by atoms with Crippen LogP contribution in [0.3, 0.4) is 0 Å². The van der Waals surface area contributed by atoms with Gasteiger partial charge < -0.3 is 9.64 Å². The van der Waals surface area contributed by atoms with E-state index in [1.165, 1.54) is 4.90 Å². The molecule has 0 saturated carbocycles. The fraction of sp³-hybridized carbons (Fsp3) is 0.323. The number of benzene rings is 3.